The van der Waals surface area contributed by atoms with Crippen LogP contribution < -0.4 is 10.4 Å². The number of carbonyl (C=O) groups is 1. The molecule has 2 rings (SSSR count). The van der Waals surface area contributed by atoms with Crippen LogP contribution in [0.3, 0.4) is 0 Å². The smallest absolute Gasteiger partial charge is 0.0587 e. The number of hydrogen-bond donors (Lipinski definition) is 1. The van der Waals surface area contributed by atoms with E-state index in [1.807, 2.05) is 0 Å². The zero-order valence-corrected chi connectivity index (χ0v) is 7.79. The maximum Gasteiger partial charge on any atom is 0.0587 e. The van der Waals surface area contributed by atoms with E-state index in [1.54, 1.807) is 0 Å². The van der Waals surface area contributed by atoms with Gasteiger partial charge in [-0.15, -0.1) is 0 Å². The summed E-state index contributed by atoms with van der Waals surface area (Å²) in [7, 11) is 0. The van der Waals surface area contributed by atoms with Crippen LogP contribution in [0.2, 0.25) is 0 Å². The van der Waals surface area contributed by atoms with Crippen molar-refractivity contribution in [2.75, 3.05) is 6.54 Å². The lowest BCUT2D eigenvalue weighted by Crippen LogP contribution is -2.56. The molecular weight excluding hydrogens is 166 g/mol. The first-order valence-corrected chi connectivity index (χ1v) is 5.23. The molecule has 1 aliphatic carbocycles. The Labute approximate surface area is 78.5 Å². The molecule has 0 bridgehead atoms. The van der Waals surface area contributed by atoms with Crippen LogP contribution in [-0.4, -0.2) is 18.6 Å². The maximum absolute atomic E-state index is 10.8. The third-order valence-corrected chi connectivity index (χ3v) is 3.53. The third kappa shape index (κ3) is 1.70. The van der Waals surface area contributed by atoms with Crippen molar-refractivity contribution in [1.82, 2.24) is 5.32 Å². The predicted octanol–water partition coefficient (Wildman–Crippen LogP) is -0.0954. The minimum absolute atomic E-state index is 0.340. The van der Waals surface area contributed by atoms with Crippen molar-refractivity contribution in [1.29, 1.82) is 0 Å². The highest BCUT2D eigenvalue weighted by atomic mass is 16.4. The van der Waals surface area contributed by atoms with E-state index in [9.17, 15) is 9.90 Å². The molecule has 1 N–H and O–H groups in total. The molecular formula is C10H16NO2-. The Hall–Kier alpha value is -0.570. The van der Waals surface area contributed by atoms with Crippen LogP contribution in [0.15, 0.2) is 0 Å². The van der Waals surface area contributed by atoms with Crippen LogP contribution in [-0.2, 0) is 4.79 Å². The summed E-state index contributed by atoms with van der Waals surface area (Å²) >= 11 is 0. The van der Waals surface area contributed by atoms with E-state index in [1.165, 1.54) is 19.3 Å². The lowest BCUT2D eigenvalue weighted by Gasteiger charge is -2.42. The van der Waals surface area contributed by atoms with Gasteiger partial charge in [-0.1, -0.05) is 19.3 Å². The number of piperidine rings is 1. The SMILES string of the molecule is O=C([O-])C1NCCC2CCCCC21. The average Bonchev–Trinajstić information content (AvgIpc) is 2.17. The van der Waals surface area contributed by atoms with Crippen molar-refractivity contribution < 1.29 is 9.90 Å². The summed E-state index contributed by atoms with van der Waals surface area (Å²) in [5, 5.41) is 13.9. The summed E-state index contributed by atoms with van der Waals surface area (Å²) in [5.41, 5.74) is 0. The molecule has 0 spiro atoms. The molecule has 1 saturated carbocycles. The van der Waals surface area contributed by atoms with Crippen LogP contribution in [0.4, 0.5) is 0 Å². The molecule has 3 unspecified atom stereocenters. The highest BCUT2D eigenvalue weighted by Crippen LogP contribution is 2.36. The first-order valence-electron chi connectivity index (χ1n) is 5.23. The summed E-state index contributed by atoms with van der Waals surface area (Å²) in [4.78, 5) is 10.8. The molecule has 3 nitrogen and oxygen atoms in total. The molecule has 2 aliphatic rings. The van der Waals surface area contributed by atoms with E-state index in [0.29, 0.717) is 11.8 Å². The summed E-state index contributed by atoms with van der Waals surface area (Å²) in [6.07, 6.45) is 5.90. The Morgan fingerprint density at radius 2 is 2.00 bits per heavy atom. The predicted molar refractivity (Wildman–Crippen MR) is 46.9 cm³/mol. The fourth-order valence-corrected chi connectivity index (χ4v) is 2.87. The van der Waals surface area contributed by atoms with Crippen molar-refractivity contribution >= 4 is 5.97 Å². The van der Waals surface area contributed by atoms with Gasteiger partial charge in [0.15, 0.2) is 0 Å². The summed E-state index contributed by atoms with van der Waals surface area (Å²) in [5.74, 6) is 0.0713. The minimum atomic E-state index is -0.906. The zero-order valence-electron chi connectivity index (χ0n) is 7.79. The van der Waals surface area contributed by atoms with Gasteiger partial charge in [0.1, 0.15) is 0 Å². The Balaban J connectivity index is 2.06. The number of carbonyl (C=O) groups excluding carboxylic acids is 1. The molecule has 3 heteroatoms. The summed E-state index contributed by atoms with van der Waals surface area (Å²) in [6.45, 7) is 0.847. The fraction of sp³-hybridized carbons (Fsp3) is 0.900. The second-order valence-corrected chi connectivity index (χ2v) is 4.25. The Morgan fingerprint density at radius 3 is 2.77 bits per heavy atom. The number of aliphatic carboxylic acids is 1. The normalized spacial score (nSPS) is 39.5. The maximum atomic E-state index is 10.8. The van der Waals surface area contributed by atoms with Crippen molar-refractivity contribution in [2.24, 2.45) is 11.8 Å². The number of fused-ring (bicyclic) bond motifs is 1. The molecule has 0 aromatic rings. The van der Waals surface area contributed by atoms with Crippen LogP contribution in [0.5, 0.6) is 0 Å². The van der Waals surface area contributed by atoms with Gasteiger partial charge in [-0.2, -0.15) is 0 Å². The van der Waals surface area contributed by atoms with Gasteiger partial charge < -0.3 is 15.2 Å². The first-order chi connectivity index (χ1) is 6.29. The van der Waals surface area contributed by atoms with Gasteiger partial charge in [0.2, 0.25) is 0 Å². The van der Waals surface area contributed by atoms with Crippen molar-refractivity contribution in [3.05, 3.63) is 0 Å². The monoisotopic (exact) mass is 182 g/mol. The lowest BCUT2D eigenvalue weighted by molar-refractivity contribution is -0.311. The summed E-state index contributed by atoms with van der Waals surface area (Å²) < 4.78 is 0. The van der Waals surface area contributed by atoms with Gasteiger partial charge in [0, 0.05) is 6.04 Å². The standard InChI is InChI=1S/C10H17NO2/c12-10(13)9-8-4-2-1-3-7(8)5-6-11-9/h7-9,11H,1-6H2,(H,12,13)/p-1. The van der Waals surface area contributed by atoms with Crippen molar-refractivity contribution in [3.63, 3.8) is 0 Å². The molecule has 0 aromatic heterocycles. The number of carboxylic acids is 1. The molecule has 3 atom stereocenters. The minimum Gasteiger partial charge on any atom is -0.548 e. The van der Waals surface area contributed by atoms with E-state index >= 15 is 0 Å². The molecule has 1 saturated heterocycles. The molecule has 1 aliphatic heterocycles. The molecule has 0 amide bonds. The topological polar surface area (TPSA) is 52.2 Å². The molecule has 0 aromatic carbocycles. The van der Waals surface area contributed by atoms with Gasteiger partial charge in [0.05, 0.1) is 5.97 Å². The second-order valence-electron chi connectivity index (χ2n) is 4.25. The lowest BCUT2D eigenvalue weighted by atomic mass is 9.72. The Morgan fingerprint density at radius 1 is 1.23 bits per heavy atom. The Bertz CT molecular complexity index is 203. The van der Waals surface area contributed by atoms with Crippen molar-refractivity contribution in [2.45, 2.75) is 38.1 Å². The first kappa shape index (κ1) is 9.00. The quantitative estimate of drug-likeness (QED) is 0.616. The molecule has 2 fully saturated rings. The second kappa shape index (κ2) is 3.66. The molecule has 13 heavy (non-hydrogen) atoms. The van der Waals surface area contributed by atoms with Crippen molar-refractivity contribution in [3.8, 4) is 0 Å². The third-order valence-electron chi connectivity index (χ3n) is 3.53. The van der Waals surface area contributed by atoms with Crippen LogP contribution in [0.25, 0.3) is 0 Å². The van der Waals surface area contributed by atoms with Crippen LogP contribution in [0, 0.1) is 11.8 Å². The van der Waals surface area contributed by atoms with Gasteiger partial charge in [-0.25, -0.2) is 0 Å². The van der Waals surface area contributed by atoms with Gasteiger partial charge in [-0.3, -0.25) is 0 Å². The molecule has 74 valence electrons. The Kier molecular flexibility index (Phi) is 2.54. The number of carboxylic acid groups (broad SMARTS) is 1. The van der Waals surface area contributed by atoms with E-state index in [-0.39, 0.29) is 6.04 Å². The van der Waals surface area contributed by atoms with E-state index in [0.717, 1.165) is 19.4 Å². The largest absolute Gasteiger partial charge is 0.548 e. The van der Waals surface area contributed by atoms with Crippen LogP contribution in [0.1, 0.15) is 32.1 Å². The van der Waals surface area contributed by atoms with E-state index < -0.39 is 5.97 Å². The van der Waals surface area contributed by atoms with Crippen LogP contribution >= 0.6 is 0 Å². The number of nitrogens with one attached hydrogen (secondary N) is 1. The average molecular weight is 182 g/mol. The van der Waals surface area contributed by atoms with E-state index in [4.69, 9.17) is 0 Å². The van der Waals surface area contributed by atoms with Gasteiger partial charge in [0.25, 0.3) is 0 Å². The number of rotatable bonds is 1. The fourth-order valence-electron chi connectivity index (χ4n) is 2.87. The molecule has 1 heterocycles. The van der Waals surface area contributed by atoms with E-state index in [2.05, 4.69) is 5.32 Å². The number of hydrogen-bond acceptors (Lipinski definition) is 3. The zero-order chi connectivity index (χ0) is 9.26. The van der Waals surface area contributed by atoms with Gasteiger partial charge in [-0.05, 0) is 31.2 Å². The summed E-state index contributed by atoms with van der Waals surface area (Å²) in [6, 6.07) is -0.376. The highest BCUT2D eigenvalue weighted by molar-refractivity contribution is 5.71. The van der Waals surface area contributed by atoms with Gasteiger partial charge >= 0.3 is 0 Å². The highest BCUT2D eigenvalue weighted by Gasteiger charge is 2.34. The molecule has 0 radical (unpaired) electrons.